The Morgan fingerprint density at radius 2 is 1.41 bits per heavy atom. The van der Waals surface area contributed by atoms with Gasteiger partial charge in [0.2, 0.25) is 5.91 Å². The maximum atomic E-state index is 13.4. The fourth-order valence-corrected chi connectivity index (χ4v) is 3.92. The second-order valence-corrected chi connectivity index (χ2v) is 8.44. The predicted octanol–water partition coefficient (Wildman–Crippen LogP) is 5.04. The molecule has 0 saturated carbocycles. The smallest absolute Gasteiger partial charge is 0.274 e. The molecular weight excluding hydrogens is 557 g/mol. The molecule has 0 saturated heterocycles. The highest BCUT2D eigenvalue weighted by Gasteiger charge is 2.14. The number of rotatable bonds is 10. The summed E-state index contributed by atoms with van der Waals surface area (Å²) in [5.74, 6) is -0.276. The van der Waals surface area contributed by atoms with Gasteiger partial charge in [-0.2, -0.15) is 0 Å². The van der Waals surface area contributed by atoms with Gasteiger partial charge in [0.1, 0.15) is 18.1 Å². The van der Waals surface area contributed by atoms with Gasteiger partial charge in [0.05, 0.1) is 5.69 Å². The number of amidine groups is 1. The van der Waals surface area contributed by atoms with E-state index in [-0.39, 0.29) is 61.1 Å². The number of nitrogens with zero attached hydrogens (tertiary/aromatic N) is 1. The zero-order valence-corrected chi connectivity index (χ0v) is 23.6. The summed E-state index contributed by atoms with van der Waals surface area (Å²) in [6.07, 6.45) is 0.781. The first-order valence-corrected chi connectivity index (χ1v) is 11.8. The van der Waals surface area contributed by atoms with Crippen molar-refractivity contribution in [1.29, 1.82) is 5.41 Å². The number of anilines is 1. The molecule has 0 unspecified atom stereocenters. The fourth-order valence-electron chi connectivity index (χ4n) is 3.92. The minimum Gasteiger partial charge on any atom is -0.384 e. The molecule has 39 heavy (non-hydrogen) atoms. The van der Waals surface area contributed by atoms with E-state index >= 15 is 0 Å². The average Bonchev–Trinajstić information content (AvgIpc) is 2.91. The summed E-state index contributed by atoms with van der Waals surface area (Å²) < 4.78 is 1.51. The molecule has 7 nitrogen and oxygen atoms in total. The summed E-state index contributed by atoms with van der Waals surface area (Å²) >= 11 is 0. The van der Waals surface area contributed by atoms with Crippen LogP contribution < -0.4 is 21.9 Å². The van der Waals surface area contributed by atoms with Crippen molar-refractivity contribution in [3.63, 3.8) is 0 Å². The van der Waals surface area contributed by atoms with Gasteiger partial charge in [0.25, 0.3) is 5.56 Å². The molecular formula is C29H32Cl3N5O2. The van der Waals surface area contributed by atoms with Crippen molar-refractivity contribution < 1.29 is 4.79 Å². The molecule has 4 rings (SSSR count). The van der Waals surface area contributed by atoms with Gasteiger partial charge in [0.15, 0.2) is 0 Å². The van der Waals surface area contributed by atoms with Crippen LogP contribution in [-0.2, 0) is 24.3 Å². The standard InChI is InChI=1S/C29H29N5O2.3ClH/c30-28(31)24-13-11-22(12-14-24)19-33-27(35)20-34-26(23-9-5-2-6-10-23)16-15-25(29(34)36)32-18-17-21-7-3-1-4-8-21;;;/h1-16,32H,17-20H2,(H3,30,31)(H,33,35);3*1H. The first-order chi connectivity index (χ1) is 17.5. The third-order valence-corrected chi connectivity index (χ3v) is 5.87. The van der Waals surface area contributed by atoms with Crippen LogP contribution in [0, 0.1) is 5.41 Å². The Bertz CT molecular complexity index is 1400. The van der Waals surface area contributed by atoms with Gasteiger partial charge in [-0.3, -0.25) is 19.6 Å². The van der Waals surface area contributed by atoms with Crippen molar-refractivity contribution in [1.82, 2.24) is 9.88 Å². The van der Waals surface area contributed by atoms with Crippen LogP contribution in [0.15, 0.2) is 102 Å². The summed E-state index contributed by atoms with van der Waals surface area (Å²) in [7, 11) is 0. The van der Waals surface area contributed by atoms with Crippen LogP contribution in [0.3, 0.4) is 0 Å². The molecule has 3 aromatic carbocycles. The molecule has 10 heteroatoms. The number of nitrogens with two attached hydrogens (primary N) is 1. The van der Waals surface area contributed by atoms with E-state index in [4.69, 9.17) is 11.1 Å². The lowest BCUT2D eigenvalue weighted by atomic mass is 10.1. The molecule has 1 aromatic heterocycles. The van der Waals surface area contributed by atoms with Crippen LogP contribution in [-0.4, -0.2) is 22.9 Å². The van der Waals surface area contributed by atoms with Crippen LogP contribution in [0.25, 0.3) is 11.3 Å². The van der Waals surface area contributed by atoms with E-state index in [2.05, 4.69) is 22.8 Å². The first kappa shape index (κ1) is 33.2. The molecule has 0 aliphatic carbocycles. The van der Waals surface area contributed by atoms with E-state index < -0.39 is 0 Å². The zero-order chi connectivity index (χ0) is 25.3. The third kappa shape index (κ3) is 9.18. The SMILES string of the molecule is Cl.Cl.Cl.N=C(N)c1ccc(CNC(=O)Cn2c(-c3ccccc3)ccc(NCCc3ccccc3)c2=O)cc1. The second-order valence-electron chi connectivity index (χ2n) is 8.44. The molecule has 0 atom stereocenters. The van der Waals surface area contributed by atoms with Crippen LogP contribution in [0.2, 0.25) is 0 Å². The third-order valence-electron chi connectivity index (χ3n) is 5.87. The monoisotopic (exact) mass is 587 g/mol. The van der Waals surface area contributed by atoms with E-state index in [1.807, 2.05) is 66.7 Å². The van der Waals surface area contributed by atoms with E-state index in [1.165, 1.54) is 10.1 Å². The lowest BCUT2D eigenvalue weighted by Gasteiger charge is -2.16. The minimum atomic E-state index is -0.272. The van der Waals surface area contributed by atoms with Crippen molar-refractivity contribution in [3.8, 4) is 11.3 Å². The predicted molar refractivity (Wildman–Crippen MR) is 166 cm³/mol. The largest absolute Gasteiger partial charge is 0.384 e. The number of hydrogen-bond acceptors (Lipinski definition) is 4. The van der Waals surface area contributed by atoms with Gasteiger partial charge in [-0.05, 0) is 35.2 Å². The quantitative estimate of drug-likeness (QED) is 0.154. The van der Waals surface area contributed by atoms with E-state index in [0.29, 0.717) is 30.0 Å². The molecule has 0 bridgehead atoms. The Kier molecular flexibility index (Phi) is 13.8. The van der Waals surface area contributed by atoms with E-state index in [0.717, 1.165) is 17.5 Å². The summed E-state index contributed by atoms with van der Waals surface area (Å²) in [5.41, 5.74) is 9.93. The Balaban J connectivity index is 0.00000253. The molecule has 0 aliphatic rings. The minimum absolute atomic E-state index is 0. The van der Waals surface area contributed by atoms with Gasteiger partial charge >= 0.3 is 0 Å². The van der Waals surface area contributed by atoms with Gasteiger partial charge < -0.3 is 16.4 Å². The molecule has 1 heterocycles. The molecule has 0 aliphatic heterocycles. The number of halogens is 3. The number of pyridine rings is 1. The van der Waals surface area contributed by atoms with Crippen molar-refractivity contribution >= 4 is 54.7 Å². The van der Waals surface area contributed by atoms with Gasteiger partial charge in [-0.1, -0.05) is 84.9 Å². The van der Waals surface area contributed by atoms with Crippen LogP contribution in [0.5, 0.6) is 0 Å². The number of carbonyl (C=O) groups is 1. The number of aromatic nitrogens is 1. The summed E-state index contributed by atoms with van der Waals surface area (Å²) in [6.45, 7) is 0.802. The Morgan fingerprint density at radius 1 is 0.795 bits per heavy atom. The molecule has 4 aromatic rings. The molecule has 5 N–H and O–H groups in total. The highest BCUT2D eigenvalue weighted by atomic mass is 35.5. The number of benzene rings is 3. The summed E-state index contributed by atoms with van der Waals surface area (Å²) in [6, 6.07) is 30.4. The van der Waals surface area contributed by atoms with E-state index in [1.54, 1.807) is 18.2 Å². The highest BCUT2D eigenvalue weighted by molar-refractivity contribution is 5.94. The Labute approximate surface area is 246 Å². The van der Waals surface area contributed by atoms with Crippen molar-refractivity contribution in [2.24, 2.45) is 5.73 Å². The van der Waals surface area contributed by atoms with Crippen molar-refractivity contribution in [2.75, 3.05) is 11.9 Å². The Morgan fingerprint density at radius 3 is 2.03 bits per heavy atom. The fraction of sp³-hybridized carbons (Fsp3) is 0.138. The number of nitrogen functional groups attached to an aromatic ring is 1. The molecule has 206 valence electrons. The van der Waals surface area contributed by atoms with Crippen molar-refractivity contribution in [2.45, 2.75) is 19.5 Å². The van der Waals surface area contributed by atoms with E-state index in [9.17, 15) is 9.59 Å². The normalized spacial score (nSPS) is 9.74. The van der Waals surface area contributed by atoms with Crippen LogP contribution in [0.4, 0.5) is 5.69 Å². The molecule has 0 radical (unpaired) electrons. The first-order valence-electron chi connectivity index (χ1n) is 11.8. The number of amides is 1. The highest BCUT2D eigenvalue weighted by Crippen LogP contribution is 2.19. The zero-order valence-electron chi connectivity index (χ0n) is 21.1. The number of carbonyl (C=O) groups excluding carboxylic acids is 1. The summed E-state index contributed by atoms with van der Waals surface area (Å²) in [4.78, 5) is 26.3. The maximum absolute atomic E-state index is 13.4. The summed E-state index contributed by atoms with van der Waals surface area (Å²) in [5, 5.41) is 13.6. The number of nitrogens with one attached hydrogen (secondary N) is 3. The van der Waals surface area contributed by atoms with Crippen molar-refractivity contribution in [3.05, 3.63) is 124 Å². The van der Waals surface area contributed by atoms with Crippen LogP contribution >= 0.6 is 37.2 Å². The average molecular weight is 589 g/mol. The molecule has 1 amide bonds. The van der Waals surface area contributed by atoms with Gasteiger partial charge in [0, 0.05) is 18.7 Å². The maximum Gasteiger partial charge on any atom is 0.274 e. The molecule has 0 fully saturated rings. The topological polar surface area (TPSA) is 113 Å². The lowest BCUT2D eigenvalue weighted by molar-refractivity contribution is -0.121. The van der Waals surface area contributed by atoms with Crippen LogP contribution in [0.1, 0.15) is 16.7 Å². The van der Waals surface area contributed by atoms with Gasteiger partial charge in [-0.15, -0.1) is 37.2 Å². The number of hydrogen-bond donors (Lipinski definition) is 4. The Hall–Kier alpha value is -3.78. The van der Waals surface area contributed by atoms with Gasteiger partial charge in [-0.25, -0.2) is 0 Å². The molecule has 0 spiro atoms. The second kappa shape index (κ2) is 16.2. The lowest BCUT2D eigenvalue weighted by Crippen LogP contribution is -2.34.